The number of rotatable bonds is 15. The van der Waals surface area contributed by atoms with Crippen molar-refractivity contribution in [2.45, 2.75) is 105 Å². The number of benzene rings is 1. The number of likely N-dealkylation sites (tertiary alicyclic amines) is 1. The van der Waals surface area contributed by atoms with Crippen molar-refractivity contribution in [1.82, 2.24) is 4.90 Å². The fourth-order valence-electron chi connectivity index (χ4n) is 6.10. The molecule has 2 heterocycles. The molecule has 1 aromatic rings. The molecule has 0 saturated carbocycles. The van der Waals surface area contributed by atoms with Crippen LogP contribution in [0.4, 0.5) is 5.69 Å². The molecule has 2 aliphatic rings. The number of amides is 1. The van der Waals surface area contributed by atoms with Gasteiger partial charge in [-0.15, -0.1) is 0 Å². The van der Waals surface area contributed by atoms with Crippen LogP contribution in [0.15, 0.2) is 12.1 Å². The predicted octanol–water partition coefficient (Wildman–Crippen LogP) is 6.12. The van der Waals surface area contributed by atoms with Gasteiger partial charge in [0.2, 0.25) is 0 Å². The van der Waals surface area contributed by atoms with E-state index in [1.54, 1.807) is 3.58 Å². The van der Waals surface area contributed by atoms with Crippen LogP contribution in [-0.2, 0) is 11.2 Å². The van der Waals surface area contributed by atoms with Gasteiger partial charge in [0.05, 0.1) is 0 Å². The molecule has 186 valence electrons. The van der Waals surface area contributed by atoms with Gasteiger partial charge in [0.15, 0.2) is 0 Å². The molecule has 0 bridgehead atoms. The van der Waals surface area contributed by atoms with E-state index in [1.165, 1.54) is 70.2 Å². The fraction of sp³-hybridized carbons (Fsp3) is 0.750. The van der Waals surface area contributed by atoms with Gasteiger partial charge in [-0.25, -0.2) is 0 Å². The van der Waals surface area contributed by atoms with Crippen LogP contribution in [0.1, 0.15) is 84.6 Å². The van der Waals surface area contributed by atoms with Crippen molar-refractivity contribution >= 4 is 34.1 Å². The quantitative estimate of drug-likeness (QED) is 0.190. The Morgan fingerprint density at radius 1 is 1.06 bits per heavy atom. The molecule has 0 aromatic heterocycles. The van der Waals surface area contributed by atoms with Crippen molar-refractivity contribution in [3.63, 3.8) is 0 Å². The summed E-state index contributed by atoms with van der Waals surface area (Å²) in [4.78, 5) is 17.0. The van der Waals surface area contributed by atoms with E-state index in [0.717, 1.165) is 50.5 Å². The Bertz CT molecular complexity index is 732. The summed E-state index contributed by atoms with van der Waals surface area (Å²) in [7, 11) is 0. The number of hydrogen-bond donors (Lipinski definition) is 0. The maximum atomic E-state index is 12.4. The third-order valence-corrected chi connectivity index (χ3v) is 23.7. The van der Waals surface area contributed by atoms with Crippen LogP contribution >= 0.6 is 0 Å². The minimum absolute atomic E-state index is 0.467. The molecule has 0 aliphatic carbocycles. The molecular weight excluding hydrogens is 515 g/mol. The summed E-state index contributed by atoms with van der Waals surface area (Å²) < 4.78 is 12.2. The van der Waals surface area contributed by atoms with Crippen molar-refractivity contribution < 1.29 is 9.53 Å². The zero-order valence-corrected chi connectivity index (χ0v) is 24.7. The summed E-state index contributed by atoms with van der Waals surface area (Å²) in [5, 5.41) is 0. The van der Waals surface area contributed by atoms with E-state index in [4.69, 9.17) is 4.74 Å². The second-order valence-electron chi connectivity index (χ2n) is 10.4. The molecule has 1 atom stereocenters. The molecule has 4 nitrogen and oxygen atoms in total. The number of likely N-dealkylation sites (N-methyl/N-ethyl adjacent to an activating group) is 1. The molecule has 0 radical (unpaired) electrons. The monoisotopic (exact) mass is 564 g/mol. The topological polar surface area (TPSA) is 32.8 Å². The Hall–Kier alpha value is -0.751. The molecule has 1 fully saturated rings. The van der Waals surface area contributed by atoms with E-state index >= 15 is 0 Å². The second-order valence-corrected chi connectivity index (χ2v) is 23.6. The number of hydrogen-bond acceptors (Lipinski definition) is 3. The van der Waals surface area contributed by atoms with Crippen molar-refractivity contribution in [3.05, 3.63) is 17.7 Å². The third-order valence-electron chi connectivity index (χ3n) is 8.15. The average Bonchev–Trinajstić information content (AvgIpc) is 3.50. The normalized spacial score (nSPS) is 18.4. The van der Waals surface area contributed by atoms with Gasteiger partial charge in [-0.1, -0.05) is 0 Å². The summed E-state index contributed by atoms with van der Waals surface area (Å²) in [5.74, 6) is 0.994. The first-order chi connectivity index (χ1) is 16.1. The Kier molecular flexibility index (Phi) is 10.9. The molecule has 2 aliphatic heterocycles. The first-order valence-corrected chi connectivity index (χ1v) is 21.4. The SMILES string of the molecule is CCC[CH2][Sn]([CH2]CCC)([CH2]CCC)[c]1cc2c(c(N(C=O)CC3CCCN3CC)c1)OCC2. The number of ether oxygens (including phenoxy) is 1. The average molecular weight is 563 g/mol. The Balaban J connectivity index is 2.01. The molecule has 1 amide bonds. The number of carbonyl (C=O) groups is 1. The zero-order chi connectivity index (χ0) is 23.7. The molecule has 3 rings (SSSR count). The van der Waals surface area contributed by atoms with Crippen LogP contribution < -0.4 is 13.2 Å². The van der Waals surface area contributed by atoms with Crippen LogP contribution in [0.3, 0.4) is 0 Å². The van der Waals surface area contributed by atoms with Crippen LogP contribution in [0.2, 0.25) is 13.3 Å². The summed E-state index contributed by atoms with van der Waals surface area (Å²) >= 11 is -2.59. The number of nitrogens with zero attached hydrogens (tertiary/aromatic N) is 2. The van der Waals surface area contributed by atoms with Gasteiger partial charge in [0, 0.05) is 0 Å². The Morgan fingerprint density at radius 2 is 1.73 bits per heavy atom. The van der Waals surface area contributed by atoms with E-state index in [9.17, 15) is 4.79 Å². The van der Waals surface area contributed by atoms with Crippen LogP contribution in [0.5, 0.6) is 5.75 Å². The third kappa shape index (κ3) is 6.48. The fourth-order valence-corrected chi connectivity index (χ4v) is 22.2. The van der Waals surface area contributed by atoms with E-state index < -0.39 is 18.4 Å². The molecular formula is C28H48N2O2Sn. The minimum atomic E-state index is -2.59. The summed E-state index contributed by atoms with van der Waals surface area (Å²) in [6.45, 7) is 13.0. The van der Waals surface area contributed by atoms with E-state index in [0.29, 0.717) is 6.04 Å². The molecule has 1 saturated heterocycles. The van der Waals surface area contributed by atoms with E-state index in [2.05, 4.69) is 44.7 Å². The van der Waals surface area contributed by atoms with E-state index in [-0.39, 0.29) is 0 Å². The van der Waals surface area contributed by atoms with Gasteiger partial charge in [0.1, 0.15) is 0 Å². The van der Waals surface area contributed by atoms with Gasteiger partial charge >= 0.3 is 208 Å². The standard InChI is InChI=1S/C16H21N2O2.3C4H9.Sn/c1-2-17-9-4-6-14(17)11-18(12-19)15-7-3-5-13-8-10-20-16(13)15;3*1-3-4-2;/h5,7,12,14H,2,4,6,8-11H2,1H3;3*1,3-4H2,2H3;. The first-order valence-electron chi connectivity index (χ1n) is 13.9. The predicted molar refractivity (Wildman–Crippen MR) is 144 cm³/mol. The number of carbonyl (C=O) groups excluding carboxylic acids is 1. The van der Waals surface area contributed by atoms with Gasteiger partial charge in [0.25, 0.3) is 0 Å². The number of unbranched alkanes of at least 4 members (excludes halogenated alkanes) is 3. The maximum absolute atomic E-state index is 12.4. The number of fused-ring (bicyclic) bond motifs is 1. The molecule has 1 unspecified atom stereocenters. The molecule has 1 aromatic carbocycles. The van der Waals surface area contributed by atoms with E-state index in [1.807, 2.05) is 4.90 Å². The van der Waals surface area contributed by atoms with Gasteiger partial charge in [-0.3, -0.25) is 0 Å². The van der Waals surface area contributed by atoms with Crippen LogP contribution in [-0.4, -0.2) is 62.0 Å². The van der Waals surface area contributed by atoms with Gasteiger partial charge in [-0.05, 0) is 0 Å². The molecule has 0 N–H and O–H groups in total. The van der Waals surface area contributed by atoms with Crippen molar-refractivity contribution in [1.29, 1.82) is 0 Å². The summed E-state index contributed by atoms with van der Waals surface area (Å²) in [6, 6.07) is 5.45. The molecule has 0 spiro atoms. The first kappa shape index (κ1) is 26.8. The van der Waals surface area contributed by atoms with Crippen LogP contribution in [0, 0.1) is 0 Å². The van der Waals surface area contributed by atoms with Gasteiger partial charge < -0.3 is 0 Å². The number of anilines is 1. The van der Waals surface area contributed by atoms with Crippen LogP contribution in [0.25, 0.3) is 0 Å². The Labute approximate surface area is 207 Å². The van der Waals surface area contributed by atoms with Crippen molar-refractivity contribution in [2.75, 3.05) is 31.1 Å². The Morgan fingerprint density at radius 3 is 2.30 bits per heavy atom. The zero-order valence-electron chi connectivity index (χ0n) is 21.8. The second kappa shape index (κ2) is 13.4. The summed E-state index contributed by atoms with van der Waals surface area (Å²) in [6.07, 6.45) is 12.4. The van der Waals surface area contributed by atoms with Gasteiger partial charge in [-0.2, -0.15) is 0 Å². The summed E-state index contributed by atoms with van der Waals surface area (Å²) in [5.41, 5.74) is 2.43. The van der Waals surface area contributed by atoms with Crippen molar-refractivity contribution in [3.8, 4) is 5.75 Å². The molecule has 33 heavy (non-hydrogen) atoms. The van der Waals surface area contributed by atoms with Crippen molar-refractivity contribution in [2.24, 2.45) is 0 Å². The molecule has 5 heteroatoms.